The van der Waals surface area contributed by atoms with Crippen LogP contribution in [-0.2, 0) is 36.1 Å². The van der Waals surface area contributed by atoms with Crippen LogP contribution in [0.3, 0.4) is 0 Å². The van der Waals surface area contributed by atoms with Crippen LogP contribution >= 0.6 is 11.6 Å². The number of cyclic esters (lactones) is 1. The second-order valence-electron chi connectivity index (χ2n) is 15.8. The largest absolute Gasteiger partial charge is 0.490 e. The topological polar surface area (TPSA) is 124 Å². The lowest BCUT2D eigenvalue weighted by atomic mass is 9.63. The molecule has 12 heteroatoms. The lowest BCUT2D eigenvalue weighted by Crippen LogP contribution is -2.53. The van der Waals surface area contributed by atoms with Crippen molar-refractivity contribution in [1.29, 1.82) is 0 Å². The molecule has 1 saturated carbocycles. The maximum atomic E-state index is 13.6. The smallest absolute Gasteiger partial charge is 0.340 e. The molecule has 6 atom stereocenters. The molecule has 7 rings (SSSR count). The minimum atomic E-state index is -4.01. The highest BCUT2D eigenvalue weighted by Gasteiger charge is 2.51. The molecule has 1 N–H and O–H groups in total. The maximum Gasteiger partial charge on any atom is 0.340 e. The number of sulfonamides is 1. The van der Waals surface area contributed by atoms with Gasteiger partial charge in [0.1, 0.15) is 5.75 Å². The van der Waals surface area contributed by atoms with Crippen molar-refractivity contribution in [2.75, 3.05) is 31.7 Å². The number of nitrogens with one attached hydrogen (secondary N) is 1. The first-order valence-electron chi connectivity index (χ1n) is 18.1. The SMILES string of the molecule is CO[C@@]1(CC2=NC(C)(C)C(=O)O2)/C=C\C[C@H](C)[C@@H](C)S(=O)(=O)NC(=O)c2ccc3c(c2)N(C[C@@H]2CC[C@H]21)C[C@@]1(CCCc2cc(Cl)ccc21)CO3. The van der Waals surface area contributed by atoms with Crippen LogP contribution < -0.4 is 14.4 Å². The van der Waals surface area contributed by atoms with Crippen LogP contribution in [0.2, 0.25) is 5.02 Å². The van der Waals surface area contributed by atoms with Crippen LogP contribution in [0, 0.1) is 17.8 Å². The number of halogens is 1. The average molecular weight is 738 g/mol. The van der Waals surface area contributed by atoms with Crippen LogP contribution in [0.15, 0.2) is 53.5 Å². The number of hydrogen-bond acceptors (Lipinski definition) is 9. The van der Waals surface area contributed by atoms with E-state index in [-0.39, 0.29) is 35.2 Å². The van der Waals surface area contributed by atoms with E-state index in [1.54, 1.807) is 46.1 Å². The standard InChI is InChI=1S/C39H48ClN3O7S/c1-24-8-6-17-39(48-5,20-34-41-37(3,4)36(45)50-34)31-13-10-28(31)21-43-22-38(16-7-9-26-18-29(40)12-14-30(26)38)23-49-33-15-11-27(19-32(33)43)35(44)42-51(46,47)25(24)2/h6,11-12,14-15,17-19,24-25,28,31H,7-10,13,16,20-23H2,1-5H3,(H,42,44)/b17-6-/t24-,25+,28-,31+,38-,39+/m0/s1. The number of esters is 1. The first kappa shape index (κ1) is 36.0. The number of rotatable bonds is 3. The fourth-order valence-corrected chi connectivity index (χ4v) is 10.2. The van der Waals surface area contributed by atoms with Crippen molar-refractivity contribution >= 4 is 45.1 Å². The molecule has 0 aromatic heterocycles. The Morgan fingerprint density at radius 1 is 1.12 bits per heavy atom. The summed E-state index contributed by atoms with van der Waals surface area (Å²) >= 11 is 6.46. The van der Waals surface area contributed by atoms with E-state index in [1.807, 2.05) is 25.1 Å². The van der Waals surface area contributed by atoms with E-state index in [4.69, 9.17) is 25.8 Å². The first-order chi connectivity index (χ1) is 24.2. The molecular weight excluding hydrogens is 690 g/mol. The first-order valence-corrected chi connectivity index (χ1v) is 20.0. The molecule has 10 nitrogen and oxygen atoms in total. The van der Waals surface area contributed by atoms with E-state index in [9.17, 15) is 18.0 Å². The summed E-state index contributed by atoms with van der Waals surface area (Å²) in [7, 11) is -2.33. The predicted molar refractivity (Wildman–Crippen MR) is 197 cm³/mol. The number of amides is 1. The van der Waals surface area contributed by atoms with Gasteiger partial charge in [0.05, 0.1) is 29.6 Å². The van der Waals surface area contributed by atoms with Gasteiger partial charge >= 0.3 is 5.97 Å². The van der Waals surface area contributed by atoms with Gasteiger partial charge in [-0.15, -0.1) is 0 Å². The lowest BCUT2D eigenvalue weighted by Gasteiger charge is -2.50. The highest BCUT2D eigenvalue weighted by Crippen LogP contribution is 2.50. The summed E-state index contributed by atoms with van der Waals surface area (Å²) in [5.41, 5.74) is 1.31. The Bertz CT molecular complexity index is 1910. The molecule has 1 spiro atoms. The molecule has 274 valence electrons. The van der Waals surface area contributed by atoms with E-state index in [1.165, 1.54) is 11.1 Å². The zero-order valence-corrected chi connectivity index (χ0v) is 31.6. The number of allylic oxidation sites excluding steroid dienone is 1. The second-order valence-corrected chi connectivity index (χ2v) is 18.3. The molecule has 0 saturated heterocycles. The van der Waals surface area contributed by atoms with E-state index < -0.39 is 38.3 Å². The van der Waals surface area contributed by atoms with Crippen molar-refractivity contribution in [3.63, 3.8) is 0 Å². The minimum Gasteiger partial charge on any atom is -0.490 e. The molecule has 2 bridgehead atoms. The third kappa shape index (κ3) is 6.59. The highest BCUT2D eigenvalue weighted by molar-refractivity contribution is 7.90. The molecule has 2 aromatic rings. The zero-order valence-electron chi connectivity index (χ0n) is 30.0. The molecule has 1 fully saturated rings. The van der Waals surface area contributed by atoms with Crippen LogP contribution in [0.4, 0.5) is 5.69 Å². The third-order valence-electron chi connectivity index (χ3n) is 12.2. The summed E-state index contributed by atoms with van der Waals surface area (Å²) in [6.07, 6.45) is 9.42. The fraction of sp³-hybridized carbons (Fsp3) is 0.564. The number of methoxy groups -OCH3 is 1. The number of ether oxygens (including phenoxy) is 3. The summed E-state index contributed by atoms with van der Waals surface area (Å²) < 4.78 is 48.2. The van der Waals surface area contributed by atoms with Gasteiger partial charge < -0.3 is 19.1 Å². The molecule has 2 aromatic carbocycles. The Morgan fingerprint density at radius 2 is 1.92 bits per heavy atom. The van der Waals surface area contributed by atoms with Crippen molar-refractivity contribution < 1.29 is 32.2 Å². The highest BCUT2D eigenvalue weighted by atomic mass is 35.5. The predicted octanol–water partition coefficient (Wildman–Crippen LogP) is 6.39. The van der Waals surface area contributed by atoms with Gasteiger partial charge in [0, 0.05) is 36.2 Å². The molecule has 0 unspecified atom stereocenters. The van der Waals surface area contributed by atoms with Crippen molar-refractivity contribution in [3.05, 3.63) is 70.3 Å². The van der Waals surface area contributed by atoms with Gasteiger partial charge in [0.2, 0.25) is 10.0 Å². The van der Waals surface area contributed by atoms with E-state index in [0.29, 0.717) is 42.8 Å². The maximum absolute atomic E-state index is 13.6. The Kier molecular flexibility index (Phi) is 9.32. The zero-order chi connectivity index (χ0) is 36.3. The molecule has 2 aliphatic carbocycles. The van der Waals surface area contributed by atoms with Gasteiger partial charge in [0.25, 0.3) is 5.91 Å². The minimum absolute atomic E-state index is 0.0423. The molecule has 0 radical (unpaired) electrons. The fourth-order valence-electron chi connectivity index (χ4n) is 8.76. The van der Waals surface area contributed by atoms with Gasteiger partial charge in [-0.1, -0.05) is 36.7 Å². The van der Waals surface area contributed by atoms with E-state index in [2.05, 4.69) is 26.7 Å². The molecule has 3 aliphatic heterocycles. The number of carbonyl (C=O) groups is 2. The monoisotopic (exact) mass is 737 g/mol. The van der Waals surface area contributed by atoms with Crippen molar-refractivity contribution in [1.82, 2.24) is 4.72 Å². The summed E-state index contributed by atoms with van der Waals surface area (Å²) in [6.45, 7) is 8.72. The Balaban J connectivity index is 1.33. The number of hydrogen-bond donors (Lipinski definition) is 1. The summed E-state index contributed by atoms with van der Waals surface area (Å²) in [5.74, 6) is -0.147. The molecular formula is C39H48ClN3O7S. The van der Waals surface area contributed by atoms with Gasteiger partial charge in [0.15, 0.2) is 11.4 Å². The third-order valence-corrected chi connectivity index (χ3v) is 14.3. The summed E-state index contributed by atoms with van der Waals surface area (Å²) in [5, 5.41) is -0.140. The van der Waals surface area contributed by atoms with Gasteiger partial charge in [-0.3, -0.25) is 4.79 Å². The number of anilines is 1. The van der Waals surface area contributed by atoms with E-state index in [0.717, 1.165) is 37.8 Å². The average Bonchev–Trinajstić information content (AvgIpc) is 3.22. The van der Waals surface area contributed by atoms with Gasteiger partial charge in [-0.2, -0.15) is 0 Å². The van der Waals surface area contributed by atoms with Crippen LogP contribution in [0.5, 0.6) is 5.75 Å². The Labute approximate surface area is 306 Å². The number of carbonyl (C=O) groups excluding carboxylic acids is 2. The van der Waals surface area contributed by atoms with E-state index >= 15 is 0 Å². The second kappa shape index (κ2) is 13.2. The molecule has 3 heterocycles. The van der Waals surface area contributed by atoms with Gasteiger partial charge in [-0.05, 0) is 119 Å². The number of nitrogens with zero attached hydrogens (tertiary/aromatic N) is 2. The number of aryl methyl sites for hydroxylation is 1. The number of fused-ring (bicyclic) bond motifs is 4. The van der Waals surface area contributed by atoms with Crippen molar-refractivity contribution in [2.24, 2.45) is 22.7 Å². The van der Waals surface area contributed by atoms with Crippen LogP contribution in [0.1, 0.15) is 87.7 Å². The number of aliphatic imine (C=N–C) groups is 1. The van der Waals surface area contributed by atoms with Crippen LogP contribution in [-0.4, -0.2) is 69.4 Å². The molecule has 5 aliphatic rings. The van der Waals surface area contributed by atoms with Gasteiger partial charge in [-0.25, -0.2) is 22.9 Å². The summed E-state index contributed by atoms with van der Waals surface area (Å²) in [4.78, 5) is 33.3. The Morgan fingerprint density at radius 3 is 2.63 bits per heavy atom. The Hall–Kier alpha value is -3.41. The molecule has 1 amide bonds. The van der Waals surface area contributed by atoms with Crippen molar-refractivity contribution in [2.45, 2.75) is 94.4 Å². The van der Waals surface area contributed by atoms with Crippen LogP contribution in [0.25, 0.3) is 0 Å². The molecule has 51 heavy (non-hydrogen) atoms. The quantitative estimate of drug-likeness (QED) is 0.284. The normalized spacial score (nSPS) is 33.4. The summed E-state index contributed by atoms with van der Waals surface area (Å²) in [6, 6.07) is 11.4. The van der Waals surface area contributed by atoms with Crippen molar-refractivity contribution in [3.8, 4) is 5.75 Å². The lowest BCUT2D eigenvalue weighted by molar-refractivity contribution is -0.138. The number of benzene rings is 2.